The molecule has 2 fully saturated rings. The van der Waals surface area contributed by atoms with Gasteiger partial charge in [-0.15, -0.1) is 5.10 Å². The fourth-order valence-electron chi connectivity index (χ4n) is 4.78. The first-order valence-corrected chi connectivity index (χ1v) is 11.3. The van der Waals surface area contributed by atoms with E-state index in [9.17, 15) is 4.79 Å². The van der Waals surface area contributed by atoms with Gasteiger partial charge in [-0.2, -0.15) is 4.98 Å². The van der Waals surface area contributed by atoms with E-state index in [0.717, 1.165) is 35.1 Å². The lowest BCUT2D eigenvalue weighted by molar-refractivity contribution is -0.117. The molecule has 8 nitrogen and oxygen atoms in total. The van der Waals surface area contributed by atoms with Crippen molar-refractivity contribution in [3.63, 3.8) is 0 Å². The first kappa shape index (κ1) is 19.4. The first-order valence-electron chi connectivity index (χ1n) is 10.9. The summed E-state index contributed by atoms with van der Waals surface area (Å²) < 4.78 is 7.59. The van der Waals surface area contributed by atoms with E-state index in [2.05, 4.69) is 20.5 Å². The second kappa shape index (κ2) is 7.70. The minimum atomic E-state index is -0.158. The molecule has 32 heavy (non-hydrogen) atoms. The molecular weight excluding hydrogens is 428 g/mol. The molecule has 1 saturated carbocycles. The summed E-state index contributed by atoms with van der Waals surface area (Å²) in [5, 5.41) is 13.5. The van der Waals surface area contributed by atoms with Crippen molar-refractivity contribution in [2.24, 2.45) is 0 Å². The van der Waals surface area contributed by atoms with Crippen molar-refractivity contribution in [2.75, 3.05) is 11.4 Å². The Morgan fingerprint density at radius 1 is 1.09 bits per heavy atom. The number of anilines is 1. The van der Waals surface area contributed by atoms with Crippen LogP contribution in [0.5, 0.6) is 0 Å². The Balaban J connectivity index is 1.24. The van der Waals surface area contributed by atoms with E-state index < -0.39 is 0 Å². The zero-order valence-corrected chi connectivity index (χ0v) is 18.1. The summed E-state index contributed by atoms with van der Waals surface area (Å²) in [6.45, 7) is 0.482. The Morgan fingerprint density at radius 3 is 2.81 bits per heavy atom. The Morgan fingerprint density at radius 2 is 1.97 bits per heavy atom. The van der Waals surface area contributed by atoms with E-state index >= 15 is 0 Å². The van der Waals surface area contributed by atoms with Crippen LogP contribution in [0.15, 0.2) is 47.0 Å². The van der Waals surface area contributed by atoms with Gasteiger partial charge in [0.1, 0.15) is 5.52 Å². The van der Waals surface area contributed by atoms with Crippen LogP contribution in [0.4, 0.5) is 5.69 Å². The molecule has 2 aromatic heterocycles. The fraction of sp³-hybridized carbons (Fsp3) is 0.348. The van der Waals surface area contributed by atoms with Crippen molar-refractivity contribution >= 4 is 34.2 Å². The molecule has 1 aliphatic carbocycles. The van der Waals surface area contributed by atoms with Gasteiger partial charge in [-0.25, -0.2) is 4.68 Å². The molecule has 0 spiro atoms. The van der Waals surface area contributed by atoms with Crippen molar-refractivity contribution in [3.05, 3.63) is 53.4 Å². The summed E-state index contributed by atoms with van der Waals surface area (Å²) in [6, 6.07) is 13.7. The van der Waals surface area contributed by atoms with Crippen molar-refractivity contribution in [2.45, 2.75) is 44.1 Å². The number of hydrogen-bond acceptors (Lipinski definition) is 6. The number of carbonyl (C=O) groups is 1. The van der Waals surface area contributed by atoms with E-state index in [1.807, 2.05) is 35.0 Å². The highest BCUT2D eigenvalue weighted by molar-refractivity contribution is 6.30. The molecule has 2 aromatic carbocycles. The quantitative estimate of drug-likeness (QED) is 0.446. The van der Waals surface area contributed by atoms with Gasteiger partial charge in [-0.3, -0.25) is 4.79 Å². The van der Waals surface area contributed by atoms with E-state index in [1.54, 1.807) is 17.0 Å². The minimum absolute atomic E-state index is 0.0157. The zero-order valence-electron chi connectivity index (χ0n) is 17.3. The average Bonchev–Trinajstić information content (AvgIpc) is 3.58. The van der Waals surface area contributed by atoms with Crippen LogP contribution in [0, 0.1) is 0 Å². The highest BCUT2D eigenvalue weighted by atomic mass is 35.5. The van der Waals surface area contributed by atoms with Crippen LogP contribution in [0.25, 0.3) is 22.4 Å². The van der Waals surface area contributed by atoms with Crippen LogP contribution < -0.4 is 4.90 Å². The predicted octanol–water partition coefficient (Wildman–Crippen LogP) is 4.77. The number of carbonyl (C=O) groups excluding carboxylic acids is 1. The van der Waals surface area contributed by atoms with Gasteiger partial charge < -0.3 is 9.42 Å². The van der Waals surface area contributed by atoms with Crippen molar-refractivity contribution in [1.29, 1.82) is 0 Å². The number of halogens is 1. The lowest BCUT2D eigenvalue weighted by atomic mass is 10.1. The number of benzene rings is 2. The van der Waals surface area contributed by atoms with E-state index in [0.29, 0.717) is 35.7 Å². The molecule has 0 unspecified atom stereocenters. The van der Waals surface area contributed by atoms with E-state index in [-0.39, 0.29) is 11.8 Å². The van der Waals surface area contributed by atoms with Crippen LogP contribution >= 0.6 is 11.6 Å². The molecular formula is C23H21ClN6O2. The second-order valence-corrected chi connectivity index (χ2v) is 8.95. The topological polar surface area (TPSA) is 89.9 Å². The average molecular weight is 449 g/mol. The smallest absolute Gasteiger partial charge is 0.232 e. The molecule has 1 aliphatic heterocycles. The summed E-state index contributed by atoms with van der Waals surface area (Å²) >= 11 is 6.09. The van der Waals surface area contributed by atoms with Gasteiger partial charge in [0.25, 0.3) is 0 Å². The van der Waals surface area contributed by atoms with Gasteiger partial charge in [0.05, 0.1) is 17.5 Å². The molecule has 0 N–H and O–H groups in total. The highest BCUT2D eigenvalue weighted by Crippen LogP contribution is 2.34. The van der Waals surface area contributed by atoms with Gasteiger partial charge in [0, 0.05) is 29.2 Å². The third-order valence-corrected chi connectivity index (χ3v) is 6.67. The largest absolute Gasteiger partial charge is 0.339 e. The van der Waals surface area contributed by atoms with E-state index in [4.69, 9.17) is 16.1 Å². The Labute approximate surface area is 189 Å². The molecule has 0 radical (unpaired) electrons. The number of nitrogens with zero attached hydrogens (tertiary/aromatic N) is 6. The van der Waals surface area contributed by atoms with Gasteiger partial charge >= 0.3 is 0 Å². The SMILES string of the molecule is O=C1C[C@H](c2nc(-c3ccc4c(c3)nnn4C3CCCC3)no2)CN1c1cccc(Cl)c1. The Kier molecular flexibility index (Phi) is 4.68. The van der Waals surface area contributed by atoms with Gasteiger partial charge in [0.15, 0.2) is 0 Å². The molecule has 1 saturated heterocycles. The fourth-order valence-corrected chi connectivity index (χ4v) is 4.97. The predicted molar refractivity (Wildman–Crippen MR) is 119 cm³/mol. The zero-order chi connectivity index (χ0) is 21.7. The molecule has 3 heterocycles. The standard InChI is InChI=1S/C23H21ClN6O2/c24-16-4-3-7-18(12-16)29-13-15(11-21(29)31)23-25-22(27-32-23)14-8-9-20-19(10-14)26-28-30(20)17-5-1-2-6-17/h3-4,7-10,12,15,17H,1-2,5-6,11,13H2/t15-/m0/s1. The number of amides is 1. The summed E-state index contributed by atoms with van der Waals surface area (Å²) in [5.41, 5.74) is 3.45. The van der Waals surface area contributed by atoms with Crippen LogP contribution in [-0.2, 0) is 4.79 Å². The number of rotatable bonds is 4. The van der Waals surface area contributed by atoms with Crippen molar-refractivity contribution in [1.82, 2.24) is 25.1 Å². The molecule has 0 bridgehead atoms. The normalized spacial score (nSPS) is 19.5. The van der Waals surface area contributed by atoms with Crippen molar-refractivity contribution < 1.29 is 9.32 Å². The molecule has 1 atom stereocenters. The first-order chi connectivity index (χ1) is 15.7. The van der Waals surface area contributed by atoms with Gasteiger partial charge in [-0.1, -0.05) is 40.9 Å². The maximum Gasteiger partial charge on any atom is 0.232 e. The van der Waals surface area contributed by atoms with E-state index in [1.165, 1.54) is 12.8 Å². The maximum absolute atomic E-state index is 12.6. The lowest BCUT2D eigenvalue weighted by Crippen LogP contribution is -2.24. The number of aromatic nitrogens is 5. The summed E-state index contributed by atoms with van der Waals surface area (Å²) in [6.07, 6.45) is 5.12. The molecule has 1 amide bonds. The lowest BCUT2D eigenvalue weighted by Gasteiger charge is -2.16. The molecule has 6 rings (SSSR count). The third kappa shape index (κ3) is 3.35. The van der Waals surface area contributed by atoms with Crippen LogP contribution in [-0.4, -0.2) is 37.6 Å². The summed E-state index contributed by atoms with van der Waals surface area (Å²) in [4.78, 5) is 18.9. The number of fused-ring (bicyclic) bond motifs is 1. The Hall–Kier alpha value is -3.26. The van der Waals surface area contributed by atoms with Crippen LogP contribution in [0.3, 0.4) is 0 Å². The molecule has 9 heteroatoms. The molecule has 162 valence electrons. The van der Waals surface area contributed by atoms with Gasteiger partial charge in [0.2, 0.25) is 17.6 Å². The highest BCUT2D eigenvalue weighted by Gasteiger charge is 2.35. The minimum Gasteiger partial charge on any atom is -0.339 e. The van der Waals surface area contributed by atoms with Gasteiger partial charge in [-0.05, 0) is 49.2 Å². The maximum atomic E-state index is 12.6. The van der Waals surface area contributed by atoms with Crippen molar-refractivity contribution in [3.8, 4) is 11.4 Å². The number of hydrogen-bond donors (Lipinski definition) is 0. The summed E-state index contributed by atoms with van der Waals surface area (Å²) in [7, 11) is 0. The summed E-state index contributed by atoms with van der Waals surface area (Å²) in [5.74, 6) is 0.815. The second-order valence-electron chi connectivity index (χ2n) is 8.52. The van der Waals surface area contributed by atoms with Crippen LogP contribution in [0.1, 0.15) is 50.0 Å². The molecule has 4 aromatic rings. The third-order valence-electron chi connectivity index (χ3n) is 6.44. The Bertz CT molecular complexity index is 1310. The molecule has 2 aliphatic rings. The van der Waals surface area contributed by atoms with Crippen LogP contribution in [0.2, 0.25) is 5.02 Å². The monoisotopic (exact) mass is 448 g/mol.